The van der Waals surface area contributed by atoms with E-state index < -0.39 is 0 Å². The second-order valence-corrected chi connectivity index (χ2v) is 4.88. The van der Waals surface area contributed by atoms with Crippen molar-refractivity contribution in [3.05, 3.63) is 24.0 Å². The lowest BCUT2D eigenvalue weighted by atomic mass is 9.95. The molecule has 0 aliphatic heterocycles. The fourth-order valence-corrected chi connectivity index (χ4v) is 1.81. The van der Waals surface area contributed by atoms with Gasteiger partial charge in [-0.05, 0) is 37.8 Å². The maximum atomic E-state index is 3.65. The van der Waals surface area contributed by atoms with E-state index in [0.717, 1.165) is 13.1 Å². The predicted octanol–water partition coefficient (Wildman–Crippen LogP) is 3.57. The molecule has 0 unspecified atom stereocenters. The van der Waals surface area contributed by atoms with Crippen LogP contribution in [0.2, 0.25) is 0 Å². The number of aromatic nitrogens is 1. The highest BCUT2D eigenvalue weighted by atomic mass is 15.0. The number of hydrogen-bond donors (Lipinski definition) is 1. The van der Waals surface area contributed by atoms with E-state index in [4.69, 9.17) is 0 Å². The Labute approximate surface area is 100 Å². The van der Waals surface area contributed by atoms with E-state index in [9.17, 15) is 0 Å². The average molecular weight is 222 g/mol. The van der Waals surface area contributed by atoms with Gasteiger partial charge in [-0.3, -0.25) is 0 Å². The van der Waals surface area contributed by atoms with Crippen molar-refractivity contribution >= 4 is 0 Å². The molecule has 0 radical (unpaired) electrons. The molecule has 0 saturated carbocycles. The highest BCUT2D eigenvalue weighted by molar-refractivity contribution is 5.10. The Morgan fingerprint density at radius 1 is 1.25 bits per heavy atom. The van der Waals surface area contributed by atoms with Gasteiger partial charge in [0.05, 0.1) is 0 Å². The first kappa shape index (κ1) is 13.3. The van der Waals surface area contributed by atoms with Gasteiger partial charge in [0.1, 0.15) is 0 Å². The summed E-state index contributed by atoms with van der Waals surface area (Å²) in [5, 5.41) is 3.65. The Kier molecular flexibility index (Phi) is 5.07. The van der Waals surface area contributed by atoms with Gasteiger partial charge in [-0.15, -0.1) is 0 Å². The van der Waals surface area contributed by atoms with Gasteiger partial charge in [0, 0.05) is 31.0 Å². The molecule has 1 aromatic rings. The molecule has 0 atom stereocenters. The molecule has 1 rings (SSSR count). The minimum absolute atomic E-state index is 0.285. The first-order chi connectivity index (χ1) is 7.63. The van der Waals surface area contributed by atoms with Gasteiger partial charge in [0.15, 0.2) is 0 Å². The fraction of sp³-hybridized carbons (Fsp3) is 0.714. The summed E-state index contributed by atoms with van der Waals surface area (Å²) in [6.07, 6.45) is 7.99. The van der Waals surface area contributed by atoms with E-state index in [1.54, 1.807) is 0 Å². The van der Waals surface area contributed by atoms with Crippen LogP contribution in [0, 0.1) is 0 Å². The second-order valence-electron chi connectivity index (χ2n) is 4.88. The molecular formula is C14H26N2. The molecule has 1 N–H and O–H groups in total. The zero-order valence-electron chi connectivity index (χ0n) is 11.2. The molecule has 0 aliphatic carbocycles. The van der Waals surface area contributed by atoms with Gasteiger partial charge >= 0.3 is 0 Å². The molecular weight excluding hydrogens is 196 g/mol. The lowest BCUT2D eigenvalue weighted by Crippen LogP contribution is -2.40. The standard InChI is InChI=1S/C14H26N2/c1-5-9-16-10-8-13(12-16)11-15-14(4,6-2)7-3/h8,10,12,15H,5-7,9,11H2,1-4H3. The van der Waals surface area contributed by atoms with Crippen molar-refractivity contribution in [2.45, 2.75) is 65.6 Å². The third-order valence-corrected chi connectivity index (χ3v) is 3.57. The SMILES string of the molecule is CCCn1ccc(CNC(C)(CC)CC)c1. The van der Waals surface area contributed by atoms with Crippen molar-refractivity contribution in [1.29, 1.82) is 0 Å². The van der Waals surface area contributed by atoms with E-state index in [-0.39, 0.29) is 5.54 Å². The molecule has 0 saturated heterocycles. The van der Waals surface area contributed by atoms with Crippen molar-refractivity contribution in [1.82, 2.24) is 9.88 Å². The van der Waals surface area contributed by atoms with E-state index in [2.05, 4.69) is 56.0 Å². The molecule has 0 aliphatic rings. The summed E-state index contributed by atoms with van der Waals surface area (Å²) in [6, 6.07) is 2.22. The van der Waals surface area contributed by atoms with Crippen LogP contribution in [0.3, 0.4) is 0 Å². The van der Waals surface area contributed by atoms with Crippen LogP contribution >= 0.6 is 0 Å². The Morgan fingerprint density at radius 2 is 1.94 bits per heavy atom. The van der Waals surface area contributed by atoms with Crippen LogP contribution in [-0.4, -0.2) is 10.1 Å². The van der Waals surface area contributed by atoms with E-state index in [1.807, 2.05) is 0 Å². The molecule has 0 amide bonds. The molecule has 0 aromatic carbocycles. The molecule has 1 aromatic heterocycles. The van der Waals surface area contributed by atoms with Gasteiger partial charge in [-0.25, -0.2) is 0 Å². The van der Waals surface area contributed by atoms with Crippen molar-refractivity contribution < 1.29 is 0 Å². The molecule has 2 nitrogen and oxygen atoms in total. The largest absolute Gasteiger partial charge is 0.354 e. The van der Waals surface area contributed by atoms with Crippen molar-refractivity contribution in [2.75, 3.05) is 0 Å². The van der Waals surface area contributed by atoms with E-state index in [1.165, 1.54) is 24.8 Å². The Balaban J connectivity index is 2.47. The Bertz CT molecular complexity index is 297. The van der Waals surface area contributed by atoms with Crippen LogP contribution < -0.4 is 5.32 Å². The first-order valence-corrected chi connectivity index (χ1v) is 6.53. The zero-order chi connectivity index (χ0) is 12.0. The van der Waals surface area contributed by atoms with Crippen molar-refractivity contribution in [3.63, 3.8) is 0 Å². The number of nitrogens with one attached hydrogen (secondary N) is 1. The van der Waals surface area contributed by atoms with Crippen molar-refractivity contribution in [2.24, 2.45) is 0 Å². The van der Waals surface area contributed by atoms with Gasteiger partial charge < -0.3 is 9.88 Å². The average Bonchev–Trinajstić information content (AvgIpc) is 2.74. The number of aryl methyl sites for hydroxylation is 1. The number of rotatable bonds is 7. The van der Waals surface area contributed by atoms with Crippen LogP contribution in [0.25, 0.3) is 0 Å². The third kappa shape index (κ3) is 3.67. The molecule has 0 bridgehead atoms. The lowest BCUT2D eigenvalue weighted by Gasteiger charge is -2.28. The zero-order valence-corrected chi connectivity index (χ0v) is 11.2. The molecule has 92 valence electrons. The fourth-order valence-electron chi connectivity index (χ4n) is 1.81. The summed E-state index contributed by atoms with van der Waals surface area (Å²) in [6.45, 7) is 11.1. The van der Waals surface area contributed by atoms with E-state index in [0.29, 0.717) is 0 Å². The highest BCUT2D eigenvalue weighted by Gasteiger charge is 2.18. The first-order valence-electron chi connectivity index (χ1n) is 6.53. The van der Waals surface area contributed by atoms with Crippen LogP contribution in [-0.2, 0) is 13.1 Å². The monoisotopic (exact) mass is 222 g/mol. The molecule has 0 fully saturated rings. The number of nitrogens with zero attached hydrogens (tertiary/aromatic N) is 1. The summed E-state index contributed by atoms with van der Waals surface area (Å²) in [4.78, 5) is 0. The summed E-state index contributed by atoms with van der Waals surface area (Å²) >= 11 is 0. The summed E-state index contributed by atoms with van der Waals surface area (Å²) < 4.78 is 2.27. The highest BCUT2D eigenvalue weighted by Crippen LogP contribution is 2.14. The van der Waals surface area contributed by atoms with Gasteiger partial charge in [-0.1, -0.05) is 20.8 Å². The Hall–Kier alpha value is -0.760. The molecule has 2 heteroatoms. The summed E-state index contributed by atoms with van der Waals surface area (Å²) in [5.74, 6) is 0. The minimum Gasteiger partial charge on any atom is -0.354 e. The topological polar surface area (TPSA) is 17.0 Å². The molecule has 0 spiro atoms. The molecule has 1 heterocycles. The molecule has 16 heavy (non-hydrogen) atoms. The summed E-state index contributed by atoms with van der Waals surface area (Å²) in [5.41, 5.74) is 1.67. The number of hydrogen-bond acceptors (Lipinski definition) is 1. The van der Waals surface area contributed by atoms with Gasteiger partial charge in [0.2, 0.25) is 0 Å². The predicted molar refractivity (Wildman–Crippen MR) is 70.5 cm³/mol. The van der Waals surface area contributed by atoms with Gasteiger partial charge in [0.25, 0.3) is 0 Å². The van der Waals surface area contributed by atoms with Crippen LogP contribution in [0.5, 0.6) is 0 Å². The maximum Gasteiger partial charge on any atom is 0.0225 e. The lowest BCUT2D eigenvalue weighted by molar-refractivity contribution is 0.329. The van der Waals surface area contributed by atoms with Crippen LogP contribution in [0.4, 0.5) is 0 Å². The minimum atomic E-state index is 0.285. The smallest absolute Gasteiger partial charge is 0.0225 e. The quantitative estimate of drug-likeness (QED) is 0.746. The van der Waals surface area contributed by atoms with Crippen molar-refractivity contribution in [3.8, 4) is 0 Å². The third-order valence-electron chi connectivity index (χ3n) is 3.57. The second kappa shape index (κ2) is 6.09. The normalized spacial score (nSPS) is 12.0. The van der Waals surface area contributed by atoms with Gasteiger partial charge in [-0.2, -0.15) is 0 Å². The summed E-state index contributed by atoms with van der Waals surface area (Å²) in [7, 11) is 0. The van der Waals surface area contributed by atoms with E-state index >= 15 is 0 Å². The van der Waals surface area contributed by atoms with Crippen LogP contribution in [0.15, 0.2) is 18.5 Å². The Morgan fingerprint density at radius 3 is 2.50 bits per heavy atom. The maximum absolute atomic E-state index is 3.65. The van der Waals surface area contributed by atoms with Crippen LogP contribution in [0.1, 0.15) is 52.5 Å².